The molecule has 0 atom stereocenters. The number of alkyl halides is 3. The summed E-state index contributed by atoms with van der Waals surface area (Å²) < 4.78 is 49.2. The van der Waals surface area contributed by atoms with Gasteiger partial charge in [-0.2, -0.15) is 13.2 Å². The van der Waals surface area contributed by atoms with E-state index in [1.165, 1.54) is 24.4 Å². The van der Waals surface area contributed by atoms with Crippen molar-refractivity contribution in [2.24, 2.45) is 4.99 Å². The normalized spacial score (nSPS) is 15.0. The summed E-state index contributed by atoms with van der Waals surface area (Å²) in [7, 11) is 0. The zero-order valence-corrected chi connectivity index (χ0v) is 16.2. The molecule has 4 rings (SSSR count). The number of aryl methyl sites for hydroxylation is 1. The Labute approximate surface area is 175 Å². The Morgan fingerprint density at radius 3 is 2.39 bits per heavy atom. The highest BCUT2D eigenvalue weighted by atomic mass is 19.4. The molecule has 0 saturated heterocycles. The average molecular weight is 424 g/mol. The second kappa shape index (κ2) is 8.06. The molecule has 1 aliphatic rings. The second-order valence-electron chi connectivity index (χ2n) is 6.73. The zero-order valence-electron chi connectivity index (χ0n) is 16.2. The third-order valence-corrected chi connectivity index (χ3v) is 4.40. The van der Waals surface area contributed by atoms with E-state index in [-0.39, 0.29) is 17.5 Å². The van der Waals surface area contributed by atoms with Gasteiger partial charge in [-0.05, 0) is 55.0 Å². The molecule has 156 valence electrons. The maximum atomic E-state index is 12.7. The number of benzene rings is 2. The van der Waals surface area contributed by atoms with Gasteiger partial charge in [-0.25, -0.2) is 14.8 Å². The van der Waals surface area contributed by atoms with Gasteiger partial charge < -0.3 is 9.47 Å². The van der Waals surface area contributed by atoms with Gasteiger partial charge in [-0.3, -0.25) is 0 Å². The van der Waals surface area contributed by atoms with Crippen molar-refractivity contribution < 1.29 is 27.4 Å². The number of esters is 1. The quantitative estimate of drug-likeness (QED) is 0.407. The third kappa shape index (κ3) is 4.63. The highest BCUT2D eigenvalue weighted by molar-refractivity contribution is 6.13. The van der Waals surface area contributed by atoms with Crippen molar-refractivity contribution in [3.8, 4) is 11.6 Å². The molecule has 0 radical (unpaired) electrons. The van der Waals surface area contributed by atoms with Crippen molar-refractivity contribution in [2.75, 3.05) is 0 Å². The van der Waals surface area contributed by atoms with Crippen molar-refractivity contribution in [2.45, 2.75) is 13.1 Å². The summed E-state index contributed by atoms with van der Waals surface area (Å²) in [5.41, 5.74) is 1.00. The Hall–Kier alpha value is -3.94. The number of ether oxygens (including phenoxy) is 2. The van der Waals surface area contributed by atoms with Crippen molar-refractivity contribution in [3.05, 3.63) is 94.8 Å². The molecule has 2 aromatic carbocycles. The van der Waals surface area contributed by atoms with E-state index in [2.05, 4.69) is 9.98 Å². The van der Waals surface area contributed by atoms with Crippen LogP contribution in [0.5, 0.6) is 11.6 Å². The Kier molecular flexibility index (Phi) is 5.29. The first-order chi connectivity index (χ1) is 14.8. The lowest BCUT2D eigenvalue weighted by molar-refractivity contribution is -0.137. The molecule has 0 amide bonds. The van der Waals surface area contributed by atoms with Gasteiger partial charge >= 0.3 is 12.1 Å². The van der Waals surface area contributed by atoms with Gasteiger partial charge in [0, 0.05) is 6.20 Å². The number of hydrogen-bond donors (Lipinski definition) is 0. The highest BCUT2D eigenvalue weighted by Gasteiger charge is 2.30. The first-order valence-corrected chi connectivity index (χ1v) is 9.19. The van der Waals surface area contributed by atoms with Crippen LogP contribution < -0.4 is 4.74 Å². The fraction of sp³-hybridized carbons (Fsp3) is 0.0870. The highest BCUT2D eigenvalue weighted by Crippen LogP contribution is 2.30. The maximum absolute atomic E-state index is 12.7. The number of hydrogen-bond acceptors (Lipinski definition) is 5. The summed E-state index contributed by atoms with van der Waals surface area (Å²) in [5.74, 6) is 0.0306. The van der Waals surface area contributed by atoms with Crippen molar-refractivity contribution in [3.63, 3.8) is 0 Å². The van der Waals surface area contributed by atoms with Crippen LogP contribution in [0.2, 0.25) is 0 Å². The molecule has 5 nitrogen and oxygen atoms in total. The molecule has 0 bridgehead atoms. The van der Waals surface area contributed by atoms with Gasteiger partial charge in [-0.1, -0.05) is 29.8 Å². The standard InChI is InChI=1S/C23H15F3N2O3/c1-14-4-10-17(11-5-14)30-20-18(3-2-12-27-20)21-28-19(22(29)31-21)13-15-6-8-16(9-7-15)23(24,25)26/h2-13H,1H3. The largest absolute Gasteiger partial charge is 0.438 e. The third-order valence-electron chi connectivity index (χ3n) is 4.40. The molecule has 1 aliphatic heterocycles. The number of aliphatic imine (C=N–C) groups is 1. The predicted octanol–water partition coefficient (Wildman–Crippen LogP) is 5.55. The van der Waals surface area contributed by atoms with Gasteiger partial charge in [0.15, 0.2) is 5.70 Å². The molecule has 2 heterocycles. The topological polar surface area (TPSA) is 60.8 Å². The summed E-state index contributed by atoms with van der Waals surface area (Å²) in [6.07, 6.45) is -1.55. The van der Waals surface area contributed by atoms with E-state index in [4.69, 9.17) is 9.47 Å². The number of cyclic esters (lactones) is 1. The summed E-state index contributed by atoms with van der Waals surface area (Å²) in [4.78, 5) is 20.6. The number of carbonyl (C=O) groups excluding carboxylic acids is 1. The number of nitrogens with zero attached hydrogens (tertiary/aromatic N) is 2. The Balaban J connectivity index is 1.61. The molecule has 0 spiro atoms. The molecule has 0 unspecified atom stereocenters. The lowest BCUT2D eigenvalue weighted by Crippen LogP contribution is -2.07. The lowest BCUT2D eigenvalue weighted by Gasteiger charge is -2.09. The van der Waals surface area contributed by atoms with Crippen LogP contribution in [0.4, 0.5) is 13.2 Å². The Morgan fingerprint density at radius 2 is 1.71 bits per heavy atom. The van der Waals surface area contributed by atoms with E-state index in [1.54, 1.807) is 24.3 Å². The average Bonchev–Trinajstić information content (AvgIpc) is 3.10. The summed E-state index contributed by atoms with van der Waals surface area (Å²) in [6, 6.07) is 15.0. The summed E-state index contributed by atoms with van der Waals surface area (Å²) in [5, 5.41) is 0. The molecule has 0 saturated carbocycles. The first kappa shape index (κ1) is 20.3. The van der Waals surface area contributed by atoms with Crippen LogP contribution in [0.3, 0.4) is 0 Å². The number of pyridine rings is 1. The minimum absolute atomic E-state index is 0.00151. The number of carbonyl (C=O) groups is 1. The van der Waals surface area contributed by atoms with Gasteiger partial charge in [0.1, 0.15) is 5.75 Å². The van der Waals surface area contributed by atoms with Gasteiger partial charge in [0.05, 0.1) is 11.1 Å². The van der Waals surface area contributed by atoms with E-state index in [0.717, 1.165) is 17.7 Å². The molecule has 0 N–H and O–H groups in total. The number of aromatic nitrogens is 1. The van der Waals surface area contributed by atoms with Gasteiger partial charge in [0.25, 0.3) is 0 Å². The van der Waals surface area contributed by atoms with E-state index in [0.29, 0.717) is 16.9 Å². The van der Waals surface area contributed by atoms with Crippen molar-refractivity contribution in [1.82, 2.24) is 4.98 Å². The van der Waals surface area contributed by atoms with E-state index in [9.17, 15) is 18.0 Å². The second-order valence-corrected chi connectivity index (χ2v) is 6.73. The van der Waals surface area contributed by atoms with Crippen molar-refractivity contribution in [1.29, 1.82) is 0 Å². The molecular weight excluding hydrogens is 409 g/mol. The number of halogens is 3. The SMILES string of the molecule is Cc1ccc(Oc2ncccc2C2=NC(=Cc3ccc(C(F)(F)F)cc3)C(=O)O2)cc1. The maximum Gasteiger partial charge on any atom is 0.416 e. The first-order valence-electron chi connectivity index (χ1n) is 9.19. The molecule has 0 aliphatic carbocycles. The zero-order chi connectivity index (χ0) is 22.0. The number of rotatable bonds is 4. The van der Waals surface area contributed by atoms with E-state index < -0.39 is 17.7 Å². The monoisotopic (exact) mass is 424 g/mol. The minimum Gasteiger partial charge on any atom is -0.438 e. The Morgan fingerprint density at radius 1 is 1.00 bits per heavy atom. The summed E-state index contributed by atoms with van der Waals surface area (Å²) in [6.45, 7) is 1.95. The Bertz CT molecular complexity index is 1180. The van der Waals surface area contributed by atoms with E-state index >= 15 is 0 Å². The summed E-state index contributed by atoms with van der Waals surface area (Å²) >= 11 is 0. The van der Waals surface area contributed by atoms with Crippen LogP contribution in [0.15, 0.2) is 77.5 Å². The van der Waals surface area contributed by atoms with Crippen LogP contribution in [0.25, 0.3) is 6.08 Å². The molecule has 3 aromatic rings. The molecule has 1 aromatic heterocycles. The fourth-order valence-electron chi connectivity index (χ4n) is 2.80. The molecular formula is C23H15F3N2O3. The van der Waals surface area contributed by atoms with Crippen LogP contribution in [0.1, 0.15) is 22.3 Å². The van der Waals surface area contributed by atoms with Gasteiger partial charge in [0.2, 0.25) is 11.8 Å². The van der Waals surface area contributed by atoms with Crippen LogP contribution in [-0.2, 0) is 15.7 Å². The molecule has 31 heavy (non-hydrogen) atoms. The molecule has 0 fully saturated rings. The van der Waals surface area contributed by atoms with Crippen LogP contribution in [-0.4, -0.2) is 16.9 Å². The lowest BCUT2D eigenvalue weighted by atomic mass is 10.1. The van der Waals surface area contributed by atoms with Crippen molar-refractivity contribution >= 4 is 17.9 Å². The molecule has 8 heteroatoms. The van der Waals surface area contributed by atoms with E-state index in [1.807, 2.05) is 19.1 Å². The smallest absolute Gasteiger partial charge is 0.416 e. The predicted molar refractivity (Wildman–Crippen MR) is 108 cm³/mol. The minimum atomic E-state index is -4.43. The van der Waals surface area contributed by atoms with Crippen LogP contribution >= 0.6 is 0 Å². The van der Waals surface area contributed by atoms with Crippen LogP contribution in [0, 0.1) is 6.92 Å². The fourth-order valence-corrected chi connectivity index (χ4v) is 2.80. The van der Waals surface area contributed by atoms with Gasteiger partial charge in [-0.15, -0.1) is 0 Å².